The summed E-state index contributed by atoms with van der Waals surface area (Å²) < 4.78 is 15.7. The van der Waals surface area contributed by atoms with E-state index in [4.69, 9.17) is 0 Å². The van der Waals surface area contributed by atoms with Gasteiger partial charge < -0.3 is 9.47 Å². The molecule has 0 bridgehead atoms. The summed E-state index contributed by atoms with van der Waals surface area (Å²) in [4.78, 5) is 14.6. The molecule has 0 saturated carbocycles. The predicted molar refractivity (Wildman–Crippen MR) is 109 cm³/mol. The van der Waals surface area contributed by atoms with E-state index in [-0.39, 0.29) is 11.7 Å². The molecule has 6 heteroatoms. The van der Waals surface area contributed by atoms with E-state index in [9.17, 15) is 9.18 Å². The maximum Gasteiger partial charge on any atom is 0.271 e. The number of hydrogen-bond acceptors (Lipinski definition) is 3. The number of anilines is 1. The Morgan fingerprint density at radius 2 is 1.75 bits per heavy atom. The average molecular weight is 376 g/mol. The standard InChI is InChI=1S/C22H21FN4O/c23-20-7-1-2-8-21(20)27-15-5-6-19(27)16-24-25-22(28)17-9-11-18(12-10-17)26-13-3-4-14-26/h1-2,5-12,15-16H,3-4,13-14H2,(H,25,28)/b24-16-. The molecule has 0 atom stereocenters. The Morgan fingerprint density at radius 1 is 1.00 bits per heavy atom. The van der Waals surface area contributed by atoms with Gasteiger partial charge in [0.1, 0.15) is 5.82 Å². The summed E-state index contributed by atoms with van der Waals surface area (Å²) >= 11 is 0. The van der Waals surface area contributed by atoms with Gasteiger partial charge in [-0.2, -0.15) is 5.10 Å². The van der Waals surface area contributed by atoms with Crippen LogP contribution < -0.4 is 10.3 Å². The smallest absolute Gasteiger partial charge is 0.271 e. The molecule has 1 fully saturated rings. The highest BCUT2D eigenvalue weighted by atomic mass is 19.1. The maximum atomic E-state index is 14.0. The maximum absolute atomic E-state index is 14.0. The van der Waals surface area contributed by atoms with E-state index in [2.05, 4.69) is 15.4 Å². The van der Waals surface area contributed by atoms with Crippen molar-refractivity contribution in [2.45, 2.75) is 12.8 Å². The molecule has 28 heavy (non-hydrogen) atoms. The molecule has 142 valence electrons. The number of amides is 1. The first-order valence-electron chi connectivity index (χ1n) is 9.33. The number of hydrogen-bond donors (Lipinski definition) is 1. The van der Waals surface area contributed by atoms with Crippen LogP contribution in [0, 0.1) is 5.82 Å². The number of benzene rings is 2. The average Bonchev–Trinajstić information content (AvgIpc) is 3.41. The highest BCUT2D eigenvalue weighted by Crippen LogP contribution is 2.20. The zero-order valence-corrected chi connectivity index (χ0v) is 15.4. The first-order valence-corrected chi connectivity index (χ1v) is 9.33. The summed E-state index contributed by atoms with van der Waals surface area (Å²) in [5.41, 5.74) is 5.30. The van der Waals surface area contributed by atoms with Crippen molar-refractivity contribution in [3.05, 3.63) is 83.9 Å². The van der Waals surface area contributed by atoms with E-state index in [1.54, 1.807) is 53.2 Å². The lowest BCUT2D eigenvalue weighted by molar-refractivity contribution is 0.0955. The van der Waals surface area contributed by atoms with Crippen LogP contribution in [0.15, 0.2) is 72.0 Å². The molecule has 0 aliphatic carbocycles. The molecule has 3 aromatic rings. The summed E-state index contributed by atoms with van der Waals surface area (Å²) in [7, 11) is 0. The van der Waals surface area contributed by atoms with E-state index in [1.165, 1.54) is 25.1 Å². The number of carbonyl (C=O) groups excluding carboxylic acids is 1. The fraction of sp³-hybridized carbons (Fsp3) is 0.182. The van der Waals surface area contributed by atoms with Crippen molar-refractivity contribution in [3.63, 3.8) is 0 Å². The third-order valence-electron chi connectivity index (χ3n) is 4.86. The Hall–Kier alpha value is -3.41. The molecule has 1 N–H and O–H groups in total. The first kappa shape index (κ1) is 18.0. The fourth-order valence-corrected chi connectivity index (χ4v) is 3.39. The molecule has 0 unspecified atom stereocenters. The number of para-hydroxylation sites is 1. The molecule has 1 saturated heterocycles. The number of aromatic nitrogens is 1. The number of halogens is 1. The molecule has 1 aromatic heterocycles. The molecule has 4 rings (SSSR count). The van der Waals surface area contributed by atoms with Gasteiger partial charge in [0.15, 0.2) is 0 Å². The van der Waals surface area contributed by atoms with Crippen molar-refractivity contribution in [2.24, 2.45) is 5.10 Å². The molecule has 1 amide bonds. The third kappa shape index (κ3) is 3.81. The van der Waals surface area contributed by atoms with E-state index in [0.717, 1.165) is 18.8 Å². The van der Waals surface area contributed by atoms with Crippen LogP contribution in [-0.4, -0.2) is 29.8 Å². The van der Waals surface area contributed by atoms with Gasteiger partial charge in [-0.25, -0.2) is 9.82 Å². The van der Waals surface area contributed by atoms with Gasteiger partial charge in [0.25, 0.3) is 5.91 Å². The van der Waals surface area contributed by atoms with Gasteiger partial charge in [-0.15, -0.1) is 0 Å². The van der Waals surface area contributed by atoms with Crippen LogP contribution in [0.25, 0.3) is 5.69 Å². The van der Waals surface area contributed by atoms with Crippen molar-refractivity contribution < 1.29 is 9.18 Å². The molecule has 2 heterocycles. The molecular weight excluding hydrogens is 355 g/mol. The lowest BCUT2D eigenvalue weighted by Gasteiger charge is -2.17. The third-order valence-corrected chi connectivity index (χ3v) is 4.86. The van der Waals surface area contributed by atoms with E-state index in [1.807, 2.05) is 12.1 Å². The summed E-state index contributed by atoms with van der Waals surface area (Å²) in [6.45, 7) is 2.13. The Morgan fingerprint density at radius 3 is 2.50 bits per heavy atom. The SMILES string of the molecule is O=C(N/N=C\c1cccn1-c1ccccc1F)c1ccc(N2CCCC2)cc1. The van der Waals surface area contributed by atoms with Crippen LogP contribution >= 0.6 is 0 Å². The van der Waals surface area contributed by atoms with E-state index < -0.39 is 0 Å². The monoisotopic (exact) mass is 376 g/mol. The zero-order chi connectivity index (χ0) is 19.3. The second-order valence-electron chi connectivity index (χ2n) is 6.69. The van der Waals surface area contributed by atoms with Crippen molar-refractivity contribution >= 4 is 17.8 Å². The molecular formula is C22H21FN4O. The Bertz CT molecular complexity index is 988. The molecule has 1 aliphatic rings. The summed E-state index contributed by atoms with van der Waals surface area (Å²) in [6, 6.07) is 17.6. The molecule has 2 aromatic carbocycles. The Labute approximate surface area is 163 Å². The van der Waals surface area contributed by atoms with Crippen LogP contribution in [0.1, 0.15) is 28.9 Å². The van der Waals surface area contributed by atoms with Crippen molar-refractivity contribution in [3.8, 4) is 5.69 Å². The summed E-state index contributed by atoms with van der Waals surface area (Å²) in [5.74, 6) is -0.608. The number of carbonyl (C=O) groups is 1. The number of nitrogens with one attached hydrogen (secondary N) is 1. The highest BCUT2D eigenvalue weighted by Gasteiger charge is 2.13. The number of nitrogens with zero attached hydrogens (tertiary/aromatic N) is 3. The van der Waals surface area contributed by atoms with Gasteiger partial charge in [-0.1, -0.05) is 12.1 Å². The van der Waals surface area contributed by atoms with Crippen molar-refractivity contribution in [2.75, 3.05) is 18.0 Å². The quantitative estimate of drug-likeness (QED) is 0.541. The highest BCUT2D eigenvalue weighted by molar-refractivity contribution is 5.95. The largest absolute Gasteiger partial charge is 0.372 e. The number of hydrazone groups is 1. The van der Waals surface area contributed by atoms with Gasteiger partial charge in [0.2, 0.25) is 0 Å². The van der Waals surface area contributed by atoms with Gasteiger partial charge >= 0.3 is 0 Å². The predicted octanol–water partition coefficient (Wildman–Crippen LogP) is 3.98. The molecule has 0 spiro atoms. The van der Waals surface area contributed by atoms with Gasteiger partial charge in [0, 0.05) is 30.5 Å². The summed E-state index contributed by atoms with van der Waals surface area (Å²) in [6.07, 6.45) is 5.68. The Balaban J connectivity index is 1.42. The van der Waals surface area contributed by atoms with Crippen LogP contribution in [0.2, 0.25) is 0 Å². The molecule has 0 radical (unpaired) electrons. The second-order valence-corrected chi connectivity index (χ2v) is 6.69. The van der Waals surface area contributed by atoms with Crippen LogP contribution in [-0.2, 0) is 0 Å². The van der Waals surface area contributed by atoms with Crippen LogP contribution in [0.3, 0.4) is 0 Å². The normalized spacial score (nSPS) is 14.0. The van der Waals surface area contributed by atoms with Crippen molar-refractivity contribution in [1.82, 2.24) is 9.99 Å². The minimum absolute atomic E-state index is 0.284. The topological polar surface area (TPSA) is 49.6 Å². The van der Waals surface area contributed by atoms with Gasteiger partial charge in [-0.3, -0.25) is 4.79 Å². The van der Waals surface area contributed by atoms with Crippen molar-refractivity contribution in [1.29, 1.82) is 0 Å². The van der Waals surface area contributed by atoms with Gasteiger partial charge in [-0.05, 0) is 61.4 Å². The fourth-order valence-electron chi connectivity index (χ4n) is 3.39. The first-order chi connectivity index (χ1) is 13.7. The van der Waals surface area contributed by atoms with E-state index >= 15 is 0 Å². The molecule has 5 nitrogen and oxygen atoms in total. The second kappa shape index (κ2) is 8.08. The zero-order valence-electron chi connectivity index (χ0n) is 15.4. The van der Waals surface area contributed by atoms with Crippen LogP contribution in [0.4, 0.5) is 10.1 Å². The van der Waals surface area contributed by atoms with Gasteiger partial charge in [0.05, 0.1) is 17.6 Å². The minimum atomic E-state index is -0.324. The van der Waals surface area contributed by atoms with Crippen LogP contribution in [0.5, 0.6) is 0 Å². The number of rotatable bonds is 5. The summed E-state index contributed by atoms with van der Waals surface area (Å²) in [5, 5.41) is 4.03. The minimum Gasteiger partial charge on any atom is -0.372 e. The van der Waals surface area contributed by atoms with E-state index in [0.29, 0.717) is 16.9 Å². The lowest BCUT2D eigenvalue weighted by Crippen LogP contribution is -2.19. The molecule has 1 aliphatic heterocycles. The Kier molecular flexibility index (Phi) is 5.19. The lowest BCUT2D eigenvalue weighted by atomic mass is 10.2.